The Morgan fingerprint density at radius 1 is 1.16 bits per heavy atom. The van der Waals surface area contributed by atoms with Crippen LogP contribution in [0.3, 0.4) is 0 Å². The van der Waals surface area contributed by atoms with E-state index < -0.39 is 71.3 Å². The number of amides is 3. The number of aliphatic hydroxyl groups excluding tert-OH is 1. The Kier molecular flexibility index (Phi) is 11.1. The number of esters is 2. The van der Waals surface area contributed by atoms with Gasteiger partial charge in [0.2, 0.25) is 17.7 Å². The van der Waals surface area contributed by atoms with E-state index in [4.69, 9.17) is 23.8 Å². The van der Waals surface area contributed by atoms with E-state index in [1.54, 1.807) is 40.9 Å². The number of rotatable bonds is 13. The molecule has 3 heterocycles. The monoisotopic (exact) mass is 686 g/mol. The summed E-state index contributed by atoms with van der Waals surface area (Å²) in [6, 6.07) is 5.61. The number of nitrogens with one attached hydrogen (secondary N) is 2. The molecule has 3 saturated heterocycles. The van der Waals surface area contributed by atoms with Crippen LogP contribution in [0.5, 0.6) is 0 Å². The fraction of sp³-hybridized carbons (Fsp3) is 0.618. The lowest BCUT2D eigenvalue weighted by Crippen LogP contribution is -2.69. The summed E-state index contributed by atoms with van der Waals surface area (Å²) in [5.41, 5.74) is -0.494. The Hall–Kier alpha value is -3.89. The van der Waals surface area contributed by atoms with Crippen LogP contribution < -0.4 is 10.6 Å². The maximum Gasteiger partial charge on any atom is 0.327 e. The highest BCUT2D eigenvalue weighted by Gasteiger charge is 2.74. The lowest BCUT2D eigenvalue weighted by Gasteiger charge is -2.48. The summed E-state index contributed by atoms with van der Waals surface area (Å²) in [4.78, 5) is 72.4. The predicted molar refractivity (Wildman–Crippen MR) is 172 cm³/mol. The quantitative estimate of drug-likeness (QED) is 0.193. The van der Waals surface area contributed by atoms with Crippen molar-refractivity contribution in [2.45, 2.75) is 95.1 Å². The van der Waals surface area contributed by atoms with Gasteiger partial charge in [-0.3, -0.25) is 28.8 Å². The van der Waals surface area contributed by atoms with Crippen LogP contribution in [0.2, 0.25) is 0 Å². The van der Waals surface area contributed by atoms with Gasteiger partial charge in [-0.25, -0.2) is 0 Å². The summed E-state index contributed by atoms with van der Waals surface area (Å²) in [6.07, 6.45) is 0.534. The molecule has 1 aliphatic carbocycles. The molecule has 4 fully saturated rings. The molecule has 268 valence electrons. The fourth-order valence-corrected chi connectivity index (χ4v) is 6.77. The number of nitrogens with zero attached hydrogens (tertiary/aromatic N) is 2. The van der Waals surface area contributed by atoms with E-state index in [0.29, 0.717) is 0 Å². The Labute approximate surface area is 285 Å². The van der Waals surface area contributed by atoms with E-state index in [-0.39, 0.29) is 58.1 Å². The van der Waals surface area contributed by atoms with Crippen molar-refractivity contribution in [2.24, 2.45) is 5.41 Å². The van der Waals surface area contributed by atoms with Crippen molar-refractivity contribution in [3.05, 3.63) is 41.5 Å². The van der Waals surface area contributed by atoms with Crippen LogP contribution in [0.15, 0.2) is 30.3 Å². The summed E-state index contributed by atoms with van der Waals surface area (Å²) in [6.45, 7) is 4.93. The fourth-order valence-electron chi connectivity index (χ4n) is 6.77. The number of hydrogen-bond donors (Lipinski definition) is 3. The summed E-state index contributed by atoms with van der Waals surface area (Å²) >= 11 is 0. The van der Waals surface area contributed by atoms with Crippen molar-refractivity contribution >= 4 is 35.7 Å². The smallest absolute Gasteiger partial charge is 0.327 e. The van der Waals surface area contributed by atoms with Crippen LogP contribution in [0.1, 0.15) is 57.6 Å². The number of benzene rings is 1. The number of ether oxygens (including phenoxy) is 4. The van der Waals surface area contributed by atoms with Crippen LogP contribution in [0.4, 0.5) is 0 Å². The van der Waals surface area contributed by atoms with Gasteiger partial charge in [0, 0.05) is 46.0 Å². The third-order valence-electron chi connectivity index (χ3n) is 8.98. The van der Waals surface area contributed by atoms with Gasteiger partial charge in [0.15, 0.2) is 6.04 Å². The number of likely N-dealkylation sites (N-methyl/N-ethyl adjacent to an activating group) is 1. The molecule has 1 aromatic rings. The van der Waals surface area contributed by atoms with Gasteiger partial charge in [-0.15, -0.1) is 0 Å². The van der Waals surface area contributed by atoms with Crippen molar-refractivity contribution in [3.8, 4) is 0 Å². The highest BCUT2D eigenvalue weighted by molar-refractivity contribution is 5.94. The summed E-state index contributed by atoms with van der Waals surface area (Å²) in [5.74, 6) is -2.13. The molecule has 7 atom stereocenters. The van der Waals surface area contributed by atoms with Crippen molar-refractivity contribution < 1.29 is 52.9 Å². The normalized spacial score (nSPS) is 28.0. The van der Waals surface area contributed by atoms with E-state index in [1.165, 1.54) is 16.0 Å². The van der Waals surface area contributed by atoms with Gasteiger partial charge >= 0.3 is 11.9 Å². The number of hydroxylamine groups is 2. The Bertz CT molecular complexity index is 1460. The van der Waals surface area contributed by atoms with E-state index in [2.05, 4.69) is 10.6 Å². The van der Waals surface area contributed by atoms with Crippen LogP contribution >= 0.6 is 0 Å². The Balaban J connectivity index is 1.26. The molecule has 2 bridgehead atoms. The number of aliphatic hydroxyl groups is 1. The third kappa shape index (κ3) is 8.13. The molecular formula is C34H46N4O11. The van der Waals surface area contributed by atoms with E-state index in [9.17, 15) is 29.1 Å². The average molecular weight is 687 g/mol. The van der Waals surface area contributed by atoms with E-state index in [1.807, 2.05) is 24.3 Å². The molecule has 15 heteroatoms. The van der Waals surface area contributed by atoms with E-state index >= 15 is 0 Å². The third-order valence-corrected chi connectivity index (χ3v) is 8.98. The van der Waals surface area contributed by atoms with Crippen LogP contribution in [-0.4, -0.2) is 121 Å². The minimum atomic E-state index is -1.39. The summed E-state index contributed by atoms with van der Waals surface area (Å²) in [7, 11) is 3.32. The van der Waals surface area contributed by atoms with Gasteiger partial charge in [0.05, 0.1) is 19.2 Å². The first-order chi connectivity index (χ1) is 23.2. The number of carbonyl (C=O) groups is 5. The molecule has 5 rings (SSSR count). The van der Waals surface area contributed by atoms with Crippen molar-refractivity contribution in [1.29, 1.82) is 0 Å². The minimum Gasteiger partial charge on any atom is -0.460 e. The lowest BCUT2D eigenvalue weighted by molar-refractivity contribution is -0.201. The minimum absolute atomic E-state index is 0.0175. The molecule has 3 amide bonds. The standard InChI is InChI=1S/C34H46N4O11/c1-33(2,3)48-26(42)12-10-22(18-39)36-24(40)13-14-35-32(44)34-16-23-27-28(46-19-45-27)30(34)49-38(29(34)31(43)47-23)17-21-8-6-7-20(15-21)9-11-25(41)37(4)5/h6-9,11,15,22-23,27-30,39H,10,12-14,16-19H2,1-5H3,(H,35,44)(H,36,40)/t22-,23-,27-,28-,29-,30+,34-/m0/s1. The zero-order valence-electron chi connectivity index (χ0n) is 28.5. The zero-order chi connectivity index (χ0) is 35.5. The second kappa shape index (κ2) is 14.9. The molecule has 0 aromatic heterocycles. The molecule has 15 nitrogen and oxygen atoms in total. The van der Waals surface area contributed by atoms with Gasteiger partial charge in [0.25, 0.3) is 0 Å². The van der Waals surface area contributed by atoms with E-state index in [0.717, 1.165) is 11.1 Å². The number of carbonyl (C=O) groups excluding carboxylic acids is 5. The van der Waals surface area contributed by atoms with Gasteiger partial charge < -0.3 is 39.6 Å². The first kappa shape index (κ1) is 36.4. The second-order valence-corrected chi connectivity index (χ2v) is 14.0. The topological polar surface area (TPSA) is 182 Å². The van der Waals surface area contributed by atoms with Gasteiger partial charge in [0.1, 0.15) is 42.2 Å². The number of hydrogen-bond acceptors (Lipinski definition) is 12. The maximum atomic E-state index is 14.1. The average Bonchev–Trinajstić information content (AvgIpc) is 3.66. The van der Waals surface area contributed by atoms with Gasteiger partial charge in [-0.05, 0) is 44.4 Å². The predicted octanol–water partition coefficient (Wildman–Crippen LogP) is 0.435. The van der Waals surface area contributed by atoms with Crippen molar-refractivity contribution in [1.82, 2.24) is 20.6 Å². The maximum absolute atomic E-state index is 14.1. The van der Waals surface area contributed by atoms with Crippen molar-refractivity contribution in [3.63, 3.8) is 0 Å². The molecule has 0 spiro atoms. The second-order valence-electron chi connectivity index (χ2n) is 14.0. The Morgan fingerprint density at radius 2 is 1.92 bits per heavy atom. The van der Waals surface area contributed by atoms with Crippen LogP contribution in [0.25, 0.3) is 6.08 Å². The van der Waals surface area contributed by atoms with Crippen molar-refractivity contribution in [2.75, 3.05) is 34.0 Å². The van der Waals surface area contributed by atoms with Gasteiger partial charge in [-0.1, -0.05) is 24.3 Å². The first-order valence-electron chi connectivity index (χ1n) is 16.5. The van der Waals surface area contributed by atoms with Crippen LogP contribution in [-0.2, 0) is 54.3 Å². The molecular weight excluding hydrogens is 640 g/mol. The molecule has 0 radical (unpaired) electrons. The molecule has 3 N–H and O–H groups in total. The SMILES string of the molecule is CN(C)C(=O)C=Cc1cccc(CN2O[C@@H]3[C@H]4OCO[C@H]4[C@@H]4C[C@]3(C(=O)NCCC(=O)N[C@H](CO)CCC(=O)OC(C)(C)C)[C@@H]2C(=O)O4)c1. The first-order valence-corrected chi connectivity index (χ1v) is 16.5. The Morgan fingerprint density at radius 3 is 2.63 bits per heavy atom. The highest BCUT2D eigenvalue weighted by Crippen LogP contribution is 2.55. The molecule has 1 saturated carbocycles. The molecule has 1 aromatic carbocycles. The molecule has 0 unspecified atom stereocenters. The molecule has 3 aliphatic heterocycles. The summed E-state index contributed by atoms with van der Waals surface area (Å²) < 4.78 is 22.7. The largest absolute Gasteiger partial charge is 0.460 e. The zero-order valence-corrected chi connectivity index (χ0v) is 28.5. The summed E-state index contributed by atoms with van der Waals surface area (Å²) in [5, 5.41) is 16.7. The van der Waals surface area contributed by atoms with Crippen LogP contribution in [0, 0.1) is 5.41 Å². The highest BCUT2D eigenvalue weighted by atomic mass is 16.8. The number of fused-ring (bicyclic) bond motifs is 4. The molecule has 49 heavy (non-hydrogen) atoms. The van der Waals surface area contributed by atoms with Gasteiger partial charge in [-0.2, -0.15) is 5.06 Å². The lowest BCUT2D eigenvalue weighted by atomic mass is 9.62. The molecule has 4 aliphatic rings.